The number of hydrogen-bond acceptors (Lipinski definition) is 2. The number of carbonyl (C=O) groups is 2. The Hall–Kier alpha value is -0.710. The van der Waals surface area contributed by atoms with Gasteiger partial charge in [-0.15, -0.1) is 11.6 Å². The van der Waals surface area contributed by atoms with Gasteiger partial charge in [-0.05, 0) is 0 Å². The van der Waals surface area contributed by atoms with E-state index < -0.39 is 24.2 Å². The summed E-state index contributed by atoms with van der Waals surface area (Å²) in [5, 5.41) is 0. The van der Waals surface area contributed by atoms with Crippen molar-refractivity contribution in [3.05, 3.63) is 0 Å². The normalized spacial score (nSPS) is 27.8. The Balaban J connectivity index is 2.71. The van der Waals surface area contributed by atoms with Gasteiger partial charge in [0.1, 0.15) is 18.1 Å². The first-order chi connectivity index (χ1) is 6.06. The molecule has 6 heteroatoms. The van der Waals surface area contributed by atoms with Crippen LogP contribution in [-0.4, -0.2) is 41.5 Å². The van der Waals surface area contributed by atoms with Crippen molar-refractivity contribution >= 4 is 23.5 Å². The molecule has 0 spiro atoms. The molecule has 0 radical (unpaired) electrons. The van der Waals surface area contributed by atoms with E-state index in [1.807, 2.05) is 0 Å². The monoisotopic (exact) mass is 211 g/mol. The molecule has 1 aliphatic heterocycles. The molecular weight excluding hydrogens is 204 g/mol. The lowest BCUT2D eigenvalue weighted by molar-refractivity contribution is -0.141. The largest absolute Gasteiger partial charge is 0.326 e. The second-order valence-corrected chi connectivity index (χ2v) is 3.10. The van der Waals surface area contributed by atoms with Gasteiger partial charge in [0, 0.05) is 6.42 Å². The molecule has 1 heterocycles. The number of halogens is 3. The third kappa shape index (κ3) is 2.15. The summed E-state index contributed by atoms with van der Waals surface area (Å²) in [5.74, 6) is -0.978. The van der Waals surface area contributed by atoms with Crippen LogP contribution >= 0.6 is 11.6 Å². The minimum Gasteiger partial charge on any atom is -0.326 e. The van der Waals surface area contributed by atoms with Gasteiger partial charge in [-0.1, -0.05) is 0 Å². The molecule has 0 aliphatic carbocycles. The highest BCUT2D eigenvalue weighted by Gasteiger charge is 2.39. The predicted molar refractivity (Wildman–Crippen MR) is 41.8 cm³/mol. The Labute approximate surface area is 78.6 Å². The van der Waals surface area contributed by atoms with Crippen molar-refractivity contribution in [2.75, 3.05) is 12.4 Å². The maximum absolute atomic E-state index is 12.7. The fraction of sp³-hybridized carbons (Fsp3) is 0.714. The molecule has 3 nitrogen and oxygen atoms in total. The van der Waals surface area contributed by atoms with Crippen LogP contribution in [0.25, 0.3) is 0 Å². The first-order valence-electron chi connectivity index (χ1n) is 3.75. The van der Waals surface area contributed by atoms with E-state index in [9.17, 15) is 18.4 Å². The Morgan fingerprint density at radius 1 is 1.54 bits per heavy atom. The molecule has 1 saturated heterocycles. The molecule has 1 amide bonds. The summed E-state index contributed by atoms with van der Waals surface area (Å²) in [6.07, 6.45) is -1.60. The molecule has 0 aromatic rings. The highest BCUT2D eigenvalue weighted by molar-refractivity contribution is 6.27. The van der Waals surface area contributed by atoms with Gasteiger partial charge in [-0.2, -0.15) is 4.39 Å². The lowest BCUT2D eigenvalue weighted by Gasteiger charge is -2.18. The van der Waals surface area contributed by atoms with Gasteiger partial charge in [0.05, 0.1) is 6.54 Å². The zero-order chi connectivity index (χ0) is 10.0. The highest BCUT2D eigenvalue weighted by atomic mass is 35.5. The summed E-state index contributed by atoms with van der Waals surface area (Å²) in [4.78, 5) is 22.2. The van der Waals surface area contributed by atoms with Gasteiger partial charge in [0.25, 0.3) is 0 Å². The Morgan fingerprint density at radius 2 is 2.15 bits per heavy atom. The molecule has 13 heavy (non-hydrogen) atoms. The van der Waals surface area contributed by atoms with Crippen LogP contribution in [0.4, 0.5) is 8.78 Å². The van der Waals surface area contributed by atoms with Crippen molar-refractivity contribution in [1.82, 2.24) is 4.90 Å². The number of alkyl halides is 2. The highest BCUT2D eigenvalue weighted by Crippen LogP contribution is 2.21. The zero-order valence-electron chi connectivity index (χ0n) is 6.67. The standard InChI is InChI=1S/C7H8ClF2NO2/c8-2-6(12)11-3-4(9)1-5(11)7(10)13/h4-5H,1-3H2/t4-,5-/m1/s1. The average molecular weight is 212 g/mol. The predicted octanol–water partition coefficient (Wildman–Crippen LogP) is 0.660. The zero-order valence-corrected chi connectivity index (χ0v) is 7.43. The molecule has 2 atom stereocenters. The van der Waals surface area contributed by atoms with Gasteiger partial charge in [-0.25, -0.2) is 4.39 Å². The molecule has 0 aromatic heterocycles. The van der Waals surface area contributed by atoms with Crippen LogP contribution in [0.5, 0.6) is 0 Å². The molecule has 1 aliphatic rings. The van der Waals surface area contributed by atoms with E-state index in [0.717, 1.165) is 4.90 Å². The number of hydrogen-bond donors (Lipinski definition) is 0. The van der Waals surface area contributed by atoms with Crippen LogP contribution in [0.2, 0.25) is 0 Å². The SMILES string of the molecule is O=C(F)[C@H]1C[C@@H](F)CN1C(=O)CCl. The molecule has 0 unspecified atom stereocenters. The van der Waals surface area contributed by atoms with Crippen molar-refractivity contribution < 1.29 is 18.4 Å². The average Bonchev–Trinajstić information content (AvgIpc) is 2.46. The van der Waals surface area contributed by atoms with Crippen LogP contribution < -0.4 is 0 Å². The molecule has 1 rings (SSSR count). The van der Waals surface area contributed by atoms with Crippen LogP contribution in [0.15, 0.2) is 0 Å². The number of amides is 1. The maximum atomic E-state index is 12.7. The van der Waals surface area contributed by atoms with Crippen molar-refractivity contribution in [2.45, 2.75) is 18.6 Å². The first-order valence-corrected chi connectivity index (χ1v) is 4.28. The number of carbonyl (C=O) groups excluding carboxylic acids is 2. The van der Waals surface area contributed by atoms with Crippen LogP contribution in [0.1, 0.15) is 6.42 Å². The summed E-state index contributed by atoms with van der Waals surface area (Å²) >= 11 is 5.20. The topological polar surface area (TPSA) is 37.4 Å². The van der Waals surface area contributed by atoms with Crippen molar-refractivity contribution in [3.63, 3.8) is 0 Å². The summed E-state index contributed by atoms with van der Waals surface area (Å²) in [6, 6.07) is -2.96. The van der Waals surface area contributed by atoms with Gasteiger partial charge >= 0.3 is 6.04 Å². The summed E-state index contributed by atoms with van der Waals surface area (Å²) in [6.45, 7) is -0.244. The molecule has 0 bridgehead atoms. The Morgan fingerprint density at radius 3 is 2.62 bits per heavy atom. The summed E-state index contributed by atoms with van der Waals surface area (Å²) in [5.41, 5.74) is 0. The van der Waals surface area contributed by atoms with E-state index in [1.54, 1.807) is 0 Å². The van der Waals surface area contributed by atoms with E-state index in [4.69, 9.17) is 11.6 Å². The fourth-order valence-electron chi connectivity index (χ4n) is 1.35. The van der Waals surface area contributed by atoms with Crippen molar-refractivity contribution in [1.29, 1.82) is 0 Å². The molecule has 1 fully saturated rings. The molecule has 74 valence electrons. The summed E-state index contributed by atoms with van der Waals surface area (Å²) < 4.78 is 25.0. The van der Waals surface area contributed by atoms with E-state index in [0.29, 0.717) is 0 Å². The van der Waals surface area contributed by atoms with Crippen molar-refractivity contribution in [2.24, 2.45) is 0 Å². The van der Waals surface area contributed by atoms with Crippen LogP contribution in [0.3, 0.4) is 0 Å². The van der Waals surface area contributed by atoms with Crippen molar-refractivity contribution in [3.8, 4) is 0 Å². The van der Waals surface area contributed by atoms with Gasteiger partial charge < -0.3 is 4.90 Å². The third-order valence-corrected chi connectivity index (χ3v) is 2.18. The molecular formula is C7H8ClF2NO2. The minimum atomic E-state index is -1.68. The van der Waals surface area contributed by atoms with Gasteiger partial charge in [0.15, 0.2) is 0 Å². The fourth-order valence-corrected chi connectivity index (χ4v) is 1.51. The Bertz CT molecular complexity index is 237. The number of rotatable bonds is 2. The lowest BCUT2D eigenvalue weighted by atomic mass is 10.2. The minimum absolute atomic E-state index is 0.244. The Kier molecular flexibility index (Phi) is 3.19. The van der Waals surface area contributed by atoms with E-state index >= 15 is 0 Å². The lowest BCUT2D eigenvalue weighted by Crippen LogP contribution is -2.39. The smallest absolute Gasteiger partial charge is 0.323 e. The molecule has 0 aromatic carbocycles. The maximum Gasteiger partial charge on any atom is 0.323 e. The third-order valence-electron chi connectivity index (χ3n) is 1.95. The van der Waals surface area contributed by atoms with Gasteiger partial charge in [0.2, 0.25) is 5.91 Å². The first kappa shape index (κ1) is 10.4. The molecule has 0 saturated carbocycles. The van der Waals surface area contributed by atoms with Crippen LogP contribution in [0, 0.1) is 0 Å². The van der Waals surface area contributed by atoms with Gasteiger partial charge in [-0.3, -0.25) is 9.59 Å². The quantitative estimate of drug-likeness (QED) is 0.497. The summed E-state index contributed by atoms with van der Waals surface area (Å²) in [7, 11) is 0. The number of likely N-dealkylation sites (tertiary alicyclic amines) is 1. The van der Waals surface area contributed by atoms with Crippen LogP contribution in [-0.2, 0) is 9.59 Å². The second-order valence-electron chi connectivity index (χ2n) is 2.83. The van der Waals surface area contributed by atoms with E-state index in [-0.39, 0.29) is 18.8 Å². The number of nitrogens with zero attached hydrogens (tertiary/aromatic N) is 1. The molecule has 0 N–H and O–H groups in total. The second kappa shape index (κ2) is 4.00. The van der Waals surface area contributed by atoms with E-state index in [2.05, 4.69) is 0 Å². The van der Waals surface area contributed by atoms with E-state index in [1.165, 1.54) is 0 Å².